The van der Waals surface area contributed by atoms with Crippen molar-refractivity contribution >= 4 is 47.8 Å². The minimum absolute atomic E-state index is 0.959. The molecule has 0 radical (unpaired) electrons. The highest BCUT2D eigenvalue weighted by molar-refractivity contribution is 9.11. The van der Waals surface area contributed by atoms with E-state index in [-0.39, 0.29) is 0 Å². The fourth-order valence-corrected chi connectivity index (χ4v) is 3.67. The monoisotopic (exact) mass is 541 g/mol. The number of halogens is 3. The fraction of sp³-hybridized carbons (Fsp3) is 0. The van der Waals surface area contributed by atoms with Crippen LogP contribution in [0.25, 0.3) is 33.6 Å². The van der Waals surface area contributed by atoms with Crippen molar-refractivity contribution in [1.82, 2.24) is 4.98 Å². The maximum atomic E-state index is 4.94. The Labute approximate surface area is 183 Å². The van der Waals surface area contributed by atoms with Crippen molar-refractivity contribution in [2.45, 2.75) is 0 Å². The Hall–Kier alpha value is -1.75. The zero-order valence-electron chi connectivity index (χ0n) is 14.2. The lowest BCUT2D eigenvalue weighted by Gasteiger charge is -2.11. The minimum atomic E-state index is 0.959. The molecule has 0 fully saturated rings. The van der Waals surface area contributed by atoms with Gasteiger partial charge in [0.25, 0.3) is 0 Å². The smallest absolute Gasteiger partial charge is 0.0715 e. The number of hydrogen-bond acceptors (Lipinski definition) is 1. The molecule has 1 nitrogen and oxygen atoms in total. The predicted molar refractivity (Wildman–Crippen MR) is 124 cm³/mol. The largest absolute Gasteiger partial charge is 0.248 e. The number of nitrogens with zero attached hydrogens (tertiary/aromatic N) is 1. The average molecular weight is 544 g/mol. The third-order valence-corrected chi connectivity index (χ3v) is 5.87. The summed E-state index contributed by atoms with van der Waals surface area (Å²) in [5, 5.41) is 0. The van der Waals surface area contributed by atoms with E-state index in [0.717, 1.165) is 47.1 Å². The Kier molecular flexibility index (Phi) is 5.58. The summed E-state index contributed by atoms with van der Waals surface area (Å²) in [6.45, 7) is 0. The van der Waals surface area contributed by atoms with E-state index in [4.69, 9.17) is 4.98 Å². The molecule has 0 spiro atoms. The first-order chi connectivity index (χ1) is 13.1. The number of benzene rings is 3. The van der Waals surface area contributed by atoms with Crippen molar-refractivity contribution in [2.75, 3.05) is 0 Å². The highest BCUT2D eigenvalue weighted by Gasteiger charge is 2.09. The molecular weight excluding hydrogens is 530 g/mol. The lowest BCUT2D eigenvalue weighted by Crippen LogP contribution is -1.91. The van der Waals surface area contributed by atoms with E-state index in [1.54, 1.807) is 0 Å². The molecule has 0 atom stereocenters. The van der Waals surface area contributed by atoms with Gasteiger partial charge in [0.15, 0.2) is 0 Å². The molecule has 4 heteroatoms. The van der Waals surface area contributed by atoms with Crippen molar-refractivity contribution < 1.29 is 0 Å². The molecule has 0 aliphatic carbocycles. The summed E-state index contributed by atoms with van der Waals surface area (Å²) in [7, 11) is 0. The van der Waals surface area contributed by atoms with Gasteiger partial charge in [-0.1, -0.05) is 84.2 Å². The second-order valence-electron chi connectivity index (χ2n) is 6.15. The van der Waals surface area contributed by atoms with Crippen LogP contribution >= 0.6 is 47.8 Å². The summed E-state index contributed by atoms with van der Waals surface area (Å²) in [6.07, 6.45) is 0. The Morgan fingerprint density at radius 1 is 0.407 bits per heavy atom. The zero-order valence-corrected chi connectivity index (χ0v) is 18.9. The van der Waals surface area contributed by atoms with Crippen molar-refractivity contribution in [3.05, 3.63) is 98.3 Å². The quantitative estimate of drug-likeness (QED) is 0.253. The topological polar surface area (TPSA) is 12.9 Å². The molecule has 0 unspecified atom stereocenters. The van der Waals surface area contributed by atoms with Crippen LogP contribution in [-0.4, -0.2) is 4.98 Å². The molecule has 3 aromatic carbocycles. The lowest BCUT2D eigenvalue weighted by atomic mass is 10.00. The molecule has 4 aromatic rings. The first-order valence-corrected chi connectivity index (χ1v) is 10.8. The molecule has 27 heavy (non-hydrogen) atoms. The van der Waals surface area contributed by atoms with Crippen LogP contribution < -0.4 is 0 Å². The van der Waals surface area contributed by atoms with Crippen LogP contribution in [0.4, 0.5) is 0 Å². The first-order valence-electron chi connectivity index (χ1n) is 8.38. The zero-order chi connectivity index (χ0) is 18.8. The predicted octanol–water partition coefficient (Wildman–Crippen LogP) is 8.37. The Morgan fingerprint density at radius 2 is 0.741 bits per heavy atom. The van der Waals surface area contributed by atoms with Gasteiger partial charge in [-0.2, -0.15) is 0 Å². The maximum Gasteiger partial charge on any atom is 0.0715 e. The molecule has 0 amide bonds. The van der Waals surface area contributed by atoms with Crippen molar-refractivity contribution in [1.29, 1.82) is 0 Å². The average Bonchev–Trinajstić information content (AvgIpc) is 2.69. The molecule has 0 N–H and O–H groups in total. The molecular formula is C23H14Br3N. The van der Waals surface area contributed by atoms with E-state index in [1.165, 1.54) is 0 Å². The van der Waals surface area contributed by atoms with Crippen LogP contribution in [0.5, 0.6) is 0 Å². The fourth-order valence-electron chi connectivity index (χ4n) is 2.88. The Bertz CT molecular complexity index is 916. The Balaban J connectivity index is 1.89. The van der Waals surface area contributed by atoms with E-state index in [0.29, 0.717) is 0 Å². The van der Waals surface area contributed by atoms with E-state index in [9.17, 15) is 0 Å². The van der Waals surface area contributed by atoms with Gasteiger partial charge < -0.3 is 0 Å². The van der Waals surface area contributed by atoms with Gasteiger partial charge in [0.1, 0.15) is 0 Å². The summed E-state index contributed by atoms with van der Waals surface area (Å²) in [4.78, 5) is 4.94. The van der Waals surface area contributed by atoms with E-state index >= 15 is 0 Å². The van der Waals surface area contributed by atoms with Crippen LogP contribution in [0, 0.1) is 0 Å². The SMILES string of the molecule is Brc1ccc(-c2cc(-c3ccc(Br)cc3)nc(-c3ccc(Br)cc3)c2)cc1. The third kappa shape index (κ3) is 4.40. The van der Waals surface area contributed by atoms with E-state index in [2.05, 4.69) is 108 Å². The highest BCUT2D eigenvalue weighted by Crippen LogP contribution is 2.31. The molecule has 0 saturated carbocycles. The van der Waals surface area contributed by atoms with Gasteiger partial charge in [-0.25, -0.2) is 4.98 Å². The van der Waals surface area contributed by atoms with Crippen molar-refractivity contribution in [3.63, 3.8) is 0 Å². The van der Waals surface area contributed by atoms with Crippen molar-refractivity contribution in [3.8, 4) is 33.6 Å². The van der Waals surface area contributed by atoms with Crippen LogP contribution in [0.3, 0.4) is 0 Å². The highest BCUT2D eigenvalue weighted by atomic mass is 79.9. The molecule has 1 aromatic heterocycles. The standard InChI is InChI=1S/C23H14Br3N/c24-19-7-1-15(2-8-19)18-13-22(16-3-9-20(25)10-4-16)27-23(14-18)17-5-11-21(26)12-6-17/h1-14H. The van der Waals surface area contributed by atoms with E-state index in [1.807, 2.05) is 24.3 Å². The normalized spacial score (nSPS) is 10.8. The molecule has 0 aliphatic heterocycles. The number of pyridine rings is 1. The molecule has 0 bridgehead atoms. The second-order valence-corrected chi connectivity index (χ2v) is 8.89. The molecule has 4 rings (SSSR count). The van der Waals surface area contributed by atoms with Crippen LogP contribution in [0.2, 0.25) is 0 Å². The van der Waals surface area contributed by atoms with Gasteiger partial charge >= 0.3 is 0 Å². The first kappa shape index (κ1) is 18.6. The van der Waals surface area contributed by atoms with Crippen LogP contribution in [-0.2, 0) is 0 Å². The molecule has 1 heterocycles. The third-order valence-electron chi connectivity index (χ3n) is 4.28. The van der Waals surface area contributed by atoms with Crippen molar-refractivity contribution in [2.24, 2.45) is 0 Å². The summed E-state index contributed by atoms with van der Waals surface area (Å²) < 4.78 is 3.19. The second kappa shape index (κ2) is 8.09. The van der Waals surface area contributed by atoms with Gasteiger partial charge in [-0.3, -0.25) is 0 Å². The van der Waals surface area contributed by atoms with Gasteiger partial charge in [0.05, 0.1) is 11.4 Å². The summed E-state index contributed by atoms with van der Waals surface area (Å²) in [5.74, 6) is 0. The van der Waals surface area contributed by atoms with E-state index < -0.39 is 0 Å². The van der Waals surface area contributed by atoms with Gasteiger partial charge in [-0.05, 0) is 59.7 Å². The summed E-state index contributed by atoms with van der Waals surface area (Å²) in [5.41, 5.74) is 6.42. The van der Waals surface area contributed by atoms with Gasteiger partial charge in [-0.15, -0.1) is 0 Å². The van der Waals surface area contributed by atoms with Gasteiger partial charge in [0.2, 0.25) is 0 Å². The van der Waals surface area contributed by atoms with Crippen LogP contribution in [0.1, 0.15) is 0 Å². The number of aromatic nitrogens is 1. The summed E-state index contributed by atoms with van der Waals surface area (Å²) in [6, 6.07) is 29.2. The van der Waals surface area contributed by atoms with Crippen LogP contribution in [0.15, 0.2) is 98.3 Å². The molecule has 0 saturated heterocycles. The number of rotatable bonds is 3. The number of hydrogen-bond donors (Lipinski definition) is 0. The van der Waals surface area contributed by atoms with Gasteiger partial charge in [0, 0.05) is 24.5 Å². The molecule has 132 valence electrons. The molecule has 0 aliphatic rings. The lowest BCUT2D eigenvalue weighted by molar-refractivity contribution is 1.32. The summed E-state index contributed by atoms with van der Waals surface area (Å²) >= 11 is 10.5. The maximum absolute atomic E-state index is 4.94. The minimum Gasteiger partial charge on any atom is -0.248 e. The Morgan fingerprint density at radius 3 is 1.11 bits per heavy atom.